The van der Waals surface area contributed by atoms with E-state index in [0.717, 1.165) is 16.8 Å². The molecule has 0 unspecified atom stereocenters. The predicted octanol–water partition coefficient (Wildman–Crippen LogP) is 3.80. The lowest BCUT2D eigenvalue weighted by Crippen LogP contribution is -2.19. The Morgan fingerprint density at radius 1 is 1.21 bits per heavy atom. The van der Waals surface area contributed by atoms with E-state index >= 15 is 0 Å². The Balaban J connectivity index is 1.91. The predicted molar refractivity (Wildman–Crippen MR) is 109 cm³/mol. The average Bonchev–Trinajstić information content (AvgIpc) is 3.06. The second-order valence-electron chi connectivity index (χ2n) is 6.12. The number of hydrogen-bond acceptors (Lipinski definition) is 7. The first-order valence-electron chi connectivity index (χ1n) is 8.25. The molecule has 0 atom stereocenters. The summed E-state index contributed by atoms with van der Waals surface area (Å²) >= 11 is 1.47. The zero-order valence-corrected chi connectivity index (χ0v) is 16.8. The van der Waals surface area contributed by atoms with Crippen molar-refractivity contribution in [3.8, 4) is 0 Å². The molecule has 1 N–H and O–H groups in total. The number of nitrogens with zero attached hydrogens (tertiary/aromatic N) is 3. The van der Waals surface area contributed by atoms with Crippen molar-refractivity contribution < 1.29 is 13.3 Å². The minimum absolute atomic E-state index is 0.176. The lowest BCUT2D eigenvalue weighted by molar-refractivity contribution is -0.384. The summed E-state index contributed by atoms with van der Waals surface area (Å²) in [6.45, 7) is 2.26. The van der Waals surface area contributed by atoms with Gasteiger partial charge in [-0.3, -0.25) is 14.8 Å². The van der Waals surface area contributed by atoms with Gasteiger partial charge >= 0.3 is 0 Å². The van der Waals surface area contributed by atoms with Crippen LogP contribution in [0.5, 0.6) is 0 Å². The van der Waals surface area contributed by atoms with Gasteiger partial charge in [-0.1, -0.05) is 18.2 Å². The average molecular weight is 419 g/mol. The number of aromatic nitrogens is 1. The highest BCUT2D eigenvalue weighted by molar-refractivity contribution is 7.92. The molecule has 0 spiro atoms. The molecule has 0 saturated carbocycles. The fourth-order valence-corrected chi connectivity index (χ4v) is 4.53. The molecule has 0 saturated heterocycles. The third kappa shape index (κ3) is 4.46. The molecule has 0 aliphatic carbocycles. The molecule has 0 fully saturated rings. The Morgan fingerprint density at radius 3 is 2.54 bits per heavy atom. The summed E-state index contributed by atoms with van der Waals surface area (Å²) in [5, 5.41) is 14.3. The summed E-state index contributed by atoms with van der Waals surface area (Å²) in [4.78, 5) is 16.8. The minimum Gasteiger partial charge on any atom is -0.362 e. The van der Waals surface area contributed by atoms with Gasteiger partial charge in [0.05, 0.1) is 16.4 Å². The summed E-state index contributed by atoms with van der Waals surface area (Å²) in [7, 11) is -2.25. The topological polar surface area (TPSA) is 105 Å². The number of para-hydroxylation sites is 1. The van der Waals surface area contributed by atoms with Crippen molar-refractivity contribution in [3.63, 3.8) is 0 Å². The lowest BCUT2D eigenvalue weighted by Gasteiger charge is -2.18. The van der Waals surface area contributed by atoms with Crippen molar-refractivity contribution in [2.75, 3.05) is 16.7 Å². The van der Waals surface area contributed by atoms with Gasteiger partial charge in [0.25, 0.3) is 15.7 Å². The zero-order valence-electron chi connectivity index (χ0n) is 15.2. The normalized spacial score (nSPS) is 11.2. The number of hydrogen-bond donors (Lipinski definition) is 1. The van der Waals surface area contributed by atoms with Gasteiger partial charge in [0, 0.05) is 29.9 Å². The molecule has 8 nitrogen and oxygen atoms in total. The Bertz CT molecular complexity index is 1100. The van der Waals surface area contributed by atoms with E-state index in [2.05, 4.69) is 9.71 Å². The highest BCUT2D eigenvalue weighted by Gasteiger charge is 2.23. The van der Waals surface area contributed by atoms with Crippen molar-refractivity contribution in [1.29, 1.82) is 0 Å². The van der Waals surface area contributed by atoms with Crippen molar-refractivity contribution in [3.05, 3.63) is 74.7 Å². The van der Waals surface area contributed by atoms with Crippen LogP contribution in [0.15, 0.2) is 58.8 Å². The molecular weight excluding hydrogens is 400 g/mol. The molecule has 0 amide bonds. The fraction of sp³-hybridized carbons (Fsp3) is 0.167. The van der Waals surface area contributed by atoms with Gasteiger partial charge in [-0.25, -0.2) is 13.4 Å². The molecule has 0 aliphatic heterocycles. The van der Waals surface area contributed by atoms with Crippen LogP contribution in [0.4, 0.5) is 17.1 Å². The second-order valence-corrected chi connectivity index (χ2v) is 8.74. The summed E-state index contributed by atoms with van der Waals surface area (Å²) in [6.07, 6.45) is 0. The maximum atomic E-state index is 12.6. The van der Waals surface area contributed by atoms with Crippen LogP contribution in [-0.4, -0.2) is 25.4 Å². The van der Waals surface area contributed by atoms with Crippen molar-refractivity contribution in [2.45, 2.75) is 18.4 Å². The molecule has 3 rings (SSSR count). The minimum atomic E-state index is -3.95. The molecule has 10 heteroatoms. The maximum Gasteiger partial charge on any atom is 0.293 e. The SMILES string of the molecule is Cc1csc(CN(C)c2ccc(S(=O)(=O)Nc3ccccc3)cc2[N+](=O)[O-])n1. The smallest absolute Gasteiger partial charge is 0.293 e. The van der Waals surface area contributed by atoms with Crippen molar-refractivity contribution in [2.24, 2.45) is 0 Å². The molecule has 3 aromatic rings. The van der Waals surface area contributed by atoms with Gasteiger partial charge in [0.1, 0.15) is 10.7 Å². The van der Waals surface area contributed by atoms with E-state index in [1.54, 1.807) is 42.3 Å². The van der Waals surface area contributed by atoms with Gasteiger partial charge in [-0.2, -0.15) is 0 Å². The summed E-state index contributed by atoms with van der Waals surface area (Å²) < 4.78 is 27.6. The molecule has 0 bridgehead atoms. The van der Waals surface area contributed by atoms with E-state index in [0.29, 0.717) is 17.9 Å². The molecule has 1 heterocycles. The Kier molecular flexibility index (Phi) is 5.61. The molecule has 28 heavy (non-hydrogen) atoms. The number of aryl methyl sites for hydroxylation is 1. The molecule has 1 aromatic heterocycles. The van der Waals surface area contributed by atoms with E-state index in [-0.39, 0.29) is 10.6 Å². The highest BCUT2D eigenvalue weighted by atomic mass is 32.2. The van der Waals surface area contributed by atoms with Crippen LogP contribution in [0.3, 0.4) is 0 Å². The summed E-state index contributed by atoms with van der Waals surface area (Å²) in [5.41, 5.74) is 1.30. The van der Waals surface area contributed by atoms with Crippen LogP contribution in [0, 0.1) is 17.0 Å². The zero-order chi connectivity index (χ0) is 20.3. The van der Waals surface area contributed by atoms with Gasteiger partial charge in [-0.15, -0.1) is 11.3 Å². The van der Waals surface area contributed by atoms with Crippen LogP contribution >= 0.6 is 11.3 Å². The lowest BCUT2D eigenvalue weighted by atomic mass is 10.2. The Morgan fingerprint density at radius 2 is 1.93 bits per heavy atom. The van der Waals surface area contributed by atoms with Crippen LogP contribution in [0.1, 0.15) is 10.7 Å². The molecule has 0 radical (unpaired) electrons. The largest absolute Gasteiger partial charge is 0.362 e. The highest BCUT2D eigenvalue weighted by Crippen LogP contribution is 2.32. The van der Waals surface area contributed by atoms with Gasteiger partial charge < -0.3 is 4.90 Å². The summed E-state index contributed by atoms with van der Waals surface area (Å²) in [6, 6.07) is 12.2. The number of nitrogens with one attached hydrogen (secondary N) is 1. The molecule has 2 aromatic carbocycles. The van der Waals surface area contributed by atoms with E-state index in [4.69, 9.17) is 0 Å². The first kappa shape index (κ1) is 19.8. The van der Waals surface area contributed by atoms with Gasteiger partial charge in [-0.05, 0) is 31.2 Å². The molecule has 0 aliphatic rings. The third-order valence-corrected chi connectivity index (χ3v) is 6.26. The summed E-state index contributed by atoms with van der Waals surface area (Å²) in [5.74, 6) is 0. The Hall–Kier alpha value is -2.98. The first-order valence-corrected chi connectivity index (χ1v) is 10.6. The van der Waals surface area contributed by atoms with Gasteiger partial charge in [0.2, 0.25) is 0 Å². The van der Waals surface area contributed by atoms with E-state index < -0.39 is 14.9 Å². The number of nitro benzene ring substituents is 1. The standard InChI is InChI=1S/C18H18N4O4S2/c1-13-12-27-18(19-13)11-21(2)16-9-8-15(10-17(16)22(23)24)28(25,26)20-14-6-4-3-5-7-14/h3-10,12,20H,11H2,1-2H3. The van der Waals surface area contributed by atoms with Gasteiger partial charge in [0.15, 0.2) is 0 Å². The van der Waals surface area contributed by atoms with E-state index in [9.17, 15) is 18.5 Å². The maximum absolute atomic E-state index is 12.6. The molecule has 146 valence electrons. The van der Waals surface area contributed by atoms with Crippen LogP contribution < -0.4 is 9.62 Å². The quantitative estimate of drug-likeness (QED) is 0.462. The number of nitro groups is 1. The van der Waals surface area contributed by atoms with E-state index in [1.165, 1.54) is 23.5 Å². The number of benzene rings is 2. The van der Waals surface area contributed by atoms with Crippen molar-refractivity contribution in [1.82, 2.24) is 4.98 Å². The molecular formula is C18H18N4O4S2. The monoisotopic (exact) mass is 418 g/mol. The van der Waals surface area contributed by atoms with E-state index in [1.807, 2.05) is 12.3 Å². The van der Waals surface area contributed by atoms with Crippen LogP contribution in [-0.2, 0) is 16.6 Å². The Labute approximate surface area is 166 Å². The van der Waals surface area contributed by atoms with Crippen LogP contribution in [0.25, 0.3) is 0 Å². The van der Waals surface area contributed by atoms with Crippen molar-refractivity contribution >= 4 is 38.4 Å². The fourth-order valence-electron chi connectivity index (χ4n) is 2.62. The number of rotatable bonds is 7. The second kappa shape index (κ2) is 7.95. The van der Waals surface area contributed by atoms with Crippen LogP contribution in [0.2, 0.25) is 0 Å². The number of thiazole rings is 1. The first-order chi connectivity index (χ1) is 13.3. The number of sulfonamides is 1. The third-order valence-electron chi connectivity index (χ3n) is 3.93. The number of anilines is 2.